The molecule has 1 saturated carbocycles. The van der Waals surface area contributed by atoms with Crippen molar-refractivity contribution in [2.75, 3.05) is 17.2 Å². The van der Waals surface area contributed by atoms with Crippen LogP contribution in [-0.4, -0.2) is 50.2 Å². The summed E-state index contributed by atoms with van der Waals surface area (Å²) in [5.41, 5.74) is 2.35. The number of aromatic nitrogens is 3. The van der Waals surface area contributed by atoms with Crippen LogP contribution in [0.3, 0.4) is 0 Å². The number of aryl methyl sites for hydroxylation is 1. The van der Waals surface area contributed by atoms with Crippen LogP contribution in [0.1, 0.15) is 47.4 Å². The van der Waals surface area contributed by atoms with Crippen LogP contribution in [0, 0.1) is 18.8 Å². The standard InChI is InChI=1S/C28H29ClN6O3/c1-17-14-32-25(15-31-17)34-26(36)19-7-5-18(6-8-19)16-35-24(13-21-4-2-3-11-30-21)27(37)33-23-12-20(29)9-10-22(23)28(35)38/h2-4,9-12,14-15,18-19,24H,5-8,13,16H2,1H3,(H,33,37)(H,32,34,36). The fourth-order valence-corrected chi connectivity index (χ4v) is 5.33. The van der Waals surface area contributed by atoms with Crippen LogP contribution >= 0.6 is 11.6 Å². The summed E-state index contributed by atoms with van der Waals surface area (Å²) < 4.78 is 0. The number of amides is 3. The van der Waals surface area contributed by atoms with Gasteiger partial charge in [0.2, 0.25) is 11.8 Å². The molecule has 2 aromatic heterocycles. The summed E-state index contributed by atoms with van der Waals surface area (Å²) in [6.07, 6.45) is 8.09. The van der Waals surface area contributed by atoms with E-state index in [9.17, 15) is 14.4 Å². The van der Waals surface area contributed by atoms with Crippen molar-refractivity contribution in [1.29, 1.82) is 0 Å². The highest BCUT2D eigenvalue weighted by molar-refractivity contribution is 6.31. The van der Waals surface area contributed by atoms with Crippen LogP contribution < -0.4 is 10.6 Å². The first-order valence-electron chi connectivity index (χ1n) is 12.8. The summed E-state index contributed by atoms with van der Waals surface area (Å²) in [6, 6.07) is 9.74. The molecule has 196 valence electrons. The summed E-state index contributed by atoms with van der Waals surface area (Å²) in [7, 11) is 0. The zero-order valence-corrected chi connectivity index (χ0v) is 21.8. The van der Waals surface area contributed by atoms with Crippen LogP contribution in [0.15, 0.2) is 55.0 Å². The molecule has 1 aliphatic carbocycles. The van der Waals surface area contributed by atoms with Gasteiger partial charge in [0.1, 0.15) is 6.04 Å². The second-order valence-corrected chi connectivity index (χ2v) is 10.4. The Bertz CT molecular complexity index is 1330. The van der Waals surface area contributed by atoms with Gasteiger partial charge in [0.25, 0.3) is 5.91 Å². The molecule has 0 radical (unpaired) electrons. The summed E-state index contributed by atoms with van der Waals surface area (Å²) >= 11 is 6.15. The number of halogens is 1. The van der Waals surface area contributed by atoms with Crippen LogP contribution in [0.5, 0.6) is 0 Å². The maximum Gasteiger partial charge on any atom is 0.256 e. The van der Waals surface area contributed by atoms with Crippen LogP contribution in [0.4, 0.5) is 11.5 Å². The molecular weight excluding hydrogens is 504 g/mol. The fourth-order valence-electron chi connectivity index (χ4n) is 5.16. The summed E-state index contributed by atoms with van der Waals surface area (Å²) in [4.78, 5) is 54.4. The number of rotatable bonds is 6. The number of anilines is 2. The predicted octanol–water partition coefficient (Wildman–Crippen LogP) is 4.28. The van der Waals surface area contributed by atoms with Gasteiger partial charge in [-0.25, -0.2) is 4.98 Å². The number of benzene rings is 1. The number of pyridine rings is 1. The van der Waals surface area contributed by atoms with Gasteiger partial charge in [0.05, 0.1) is 29.3 Å². The van der Waals surface area contributed by atoms with Crippen molar-refractivity contribution in [2.24, 2.45) is 11.8 Å². The second-order valence-electron chi connectivity index (χ2n) is 9.93. The SMILES string of the molecule is Cc1cnc(NC(=O)C2CCC(CN3C(=O)c4ccc(Cl)cc4NC(=O)C3Cc3ccccn3)CC2)cn1. The minimum Gasteiger partial charge on any atom is -0.326 e. The van der Waals surface area contributed by atoms with E-state index in [1.807, 2.05) is 25.1 Å². The number of hydrogen-bond donors (Lipinski definition) is 2. The maximum atomic E-state index is 13.8. The molecule has 9 nitrogen and oxygen atoms in total. The van der Waals surface area contributed by atoms with E-state index >= 15 is 0 Å². The highest BCUT2D eigenvalue weighted by Gasteiger charge is 2.38. The Kier molecular flexibility index (Phi) is 7.64. The predicted molar refractivity (Wildman–Crippen MR) is 144 cm³/mol. The van der Waals surface area contributed by atoms with Crippen molar-refractivity contribution in [1.82, 2.24) is 19.9 Å². The van der Waals surface area contributed by atoms with Crippen molar-refractivity contribution in [3.63, 3.8) is 0 Å². The van der Waals surface area contributed by atoms with Gasteiger partial charge < -0.3 is 15.5 Å². The lowest BCUT2D eigenvalue weighted by atomic mass is 9.81. The molecule has 1 aromatic carbocycles. The molecule has 1 atom stereocenters. The third kappa shape index (κ3) is 5.83. The molecule has 1 unspecified atom stereocenters. The molecule has 0 bridgehead atoms. The third-order valence-corrected chi connectivity index (χ3v) is 7.48. The molecule has 3 amide bonds. The largest absolute Gasteiger partial charge is 0.326 e. The van der Waals surface area contributed by atoms with Gasteiger partial charge >= 0.3 is 0 Å². The Morgan fingerprint density at radius 1 is 1.08 bits per heavy atom. The summed E-state index contributed by atoms with van der Waals surface area (Å²) in [5, 5.41) is 6.20. The van der Waals surface area contributed by atoms with Crippen LogP contribution in [0.25, 0.3) is 0 Å². The highest BCUT2D eigenvalue weighted by Crippen LogP contribution is 2.33. The van der Waals surface area contributed by atoms with E-state index in [0.717, 1.165) is 24.2 Å². The first kappa shape index (κ1) is 25.8. The Labute approximate surface area is 226 Å². The van der Waals surface area contributed by atoms with E-state index in [4.69, 9.17) is 11.6 Å². The lowest BCUT2D eigenvalue weighted by Gasteiger charge is -2.35. The Balaban J connectivity index is 1.30. The van der Waals surface area contributed by atoms with E-state index in [1.54, 1.807) is 41.7 Å². The van der Waals surface area contributed by atoms with E-state index in [2.05, 4.69) is 25.6 Å². The number of hydrogen-bond acceptors (Lipinski definition) is 6. The molecule has 10 heteroatoms. The van der Waals surface area contributed by atoms with Gasteiger partial charge in [0.15, 0.2) is 5.82 Å². The van der Waals surface area contributed by atoms with Gasteiger partial charge in [-0.05, 0) is 68.9 Å². The molecule has 1 fully saturated rings. The minimum absolute atomic E-state index is 0.0642. The first-order chi connectivity index (χ1) is 18.4. The van der Waals surface area contributed by atoms with Crippen molar-refractivity contribution >= 4 is 40.8 Å². The quantitative estimate of drug-likeness (QED) is 0.489. The highest BCUT2D eigenvalue weighted by atomic mass is 35.5. The van der Waals surface area contributed by atoms with Gasteiger partial charge in [-0.2, -0.15) is 0 Å². The average molecular weight is 533 g/mol. The number of fused-ring (bicyclic) bond motifs is 1. The van der Waals surface area contributed by atoms with E-state index in [0.29, 0.717) is 47.9 Å². The van der Waals surface area contributed by atoms with Crippen LogP contribution in [-0.2, 0) is 16.0 Å². The molecule has 0 saturated heterocycles. The van der Waals surface area contributed by atoms with Crippen molar-refractivity contribution in [2.45, 2.75) is 45.1 Å². The van der Waals surface area contributed by atoms with Gasteiger partial charge in [-0.15, -0.1) is 0 Å². The summed E-state index contributed by atoms with van der Waals surface area (Å²) in [6.45, 7) is 2.26. The molecule has 3 aromatic rings. The topological polar surface area (TPSA) is 117 Å². The summed E-state index contributed by atoms with van der Waals surface area (Å²) in [5.74, 6) is -0.0727. The molecule has 2 aliphatic rings. The smallest absolute Gasteiger partial charge is 0.256 e. The first-order valence-corrected chi connectivity index (χ1v) is 13.2. The van der Waals surface area contributed by atoms with Crippen molar-refractivity contribution in [3.05, 3.63) is 77.0 Å². The van der Waals surface area contributed by atoms with Crippen molar-refractivity contribution < 1.29 is 14.4 Å². The van der Waals surface area contributed by atoms with E-state index in [-0.39, 0.29) is 29.6 Å². The Hall–Kier alpha value is -3.85. The van der Waals surface area contributed by atoms with Gasteiger partial charge in [0, 0.05) is 35.8 Å². The molecule has 3 heterocycles. The molecule has 1 aliphatic heterocycles. The third-order valence-electron chi connectivity index (χ3n) is 7.24. The second kappa shape index (κ2) is 11.3. The Morgan fingerprint density at radius 2 is 1.89 bits per heavy atom. The molecule has 2 N–H and O–H groups in total. The number of carbonyl (C=O) groups excluding carboxylic acids is 3. The van der Waals surface area contributed by atoms with Gasteiger partial charge in [-0.1, -0.05) is 17.7 Å². The maximum absolute atomic E-state index is 13.8. The number of nitrogens with zero attached hydrogens (tertiary/aromatic N) is 4. The fraction of sp³-hybridized carbons (Fsp3) is 0.357. The zero-order chi connectivity index (χ0) is 26.6. The van der Waals surface area contributed by atoms with E-state index in [1.165, 1.54) is 0 Å². The Morgan fingerprint density at radius 3 is 2.61 bits per heavy atom. The zero-order valence-electron chi connectivity index (χ0n) is 21.1. The van der Waals surface area contributed by atoms with Crippen molar-refractivity contribution in [3.8, 4) is 0 Å². The molecule has 0 spiro atoms. The van der Waals surface area contributed by atoms with Crippen LogP contribution in [0.2, 0.25) is 5.02 Å². The normalized spacial score (nSPS) is 21.3. The number of nitrogens with one attached hydrogen (secondary N) is 2. The molecule has 38 heavy (non-hydrogen) atoms. The lowest BCUT2D eigenvalue weighted by Crippen LogP contribution is -2.49. The number of carbonyl (C=O) groups is 3. The molecule has 5 rings (SSSR count). The molecular formula is C28H29ClN6O3. The lowest BCUT2D eigenvalue weighted by molar-refractivity contribution is -0.121. The average Bonchev–Trinajstić information content (AvgIpc) is 3.00. The van der Waals surface area contributed by atoms with E-state index < -0.39 is 6.04 Å². The minimum atomic E-state index is -0.718. The van der Waals surface area contributed by atoms with Gasteiger partial charge in [-0.3, -0.25) is 24.4 Å². The monoisotopic (exact) mass is 532 g/mol.